The minimum atomic E-state index is -2.98. The van der Waals surface area contributed by atoms with E-state index in [4.69, 9.17) is 5.11 Å². The van der Waals surface area contributed by atoms with Gasteiger partial charge in [-0.25, -0.2) is 8.42 Å². The van der Waals surface area contributed by atoms with Crippen molar-refractivity contribution in [2.24, 2.45) is 0 Å². The van der Waals surface area contributed by atoms with Crippen LogP contribution in [0.1, 0.15) is 32.1 Å². The molecule has 0 spiro atoms. The van der Waals surface area contributed by atoms with Gasteiger partial charge in [0.2, 0.25) is 0 Å². The highest BCUT2D eigenvalue weighted by atomic mass is 32.2. The number of hydrogen-bond acceptors (Lipinski definition) is 4. The van der Waals surface area contributed by atoms with Crippen molar-refractivity contribution < 1.29 is 18.3 Å². The fourth-order valence-corrected chi connectivity index (χ4v) is 3.62. The highest BCUT2D eigenvalue weighted by Crippen LogP contribution is 2.24. The van der Waals surface area contributed by atoms with Gasteiger partial charge >= 0.3 is 5.97 Å². The van der Waals surface area contributed by atoms with Crippen LogP contribution in [-0.2, 0) is 14.6 Å². The molecule has 1 aliphatic carbocycles. The van der Waals surface area contributed by atoms with Gasteiger partial charge in [-0.1, -0.05) is 6.42 Å². The lowest BCUT2D eigenvalue weighted by molar-refractivity contribution is -0.137. The van der Waals surface area contributed by atoms with E-state index in [0.717, 1.165) is 19.3 Å². The Hall–Kier alpha value is -0.620. The van der Waals surface area contributed by atoms with E-state index in [2.05, 4.69) is 5.32 Å². The molecule has 0 saturated heterocycles. The van der Waals surface area contributed by atoms with Gasteiger partial charge in [0, 0.05) is 18.7 Å². The van der Waals surface area contributed by atoms with Gasteiger partial charge in [0.25, 0.3) is 0 Å². The fourth-order valence-electron chi connectivity index (χ4n) is 2.20. The van der Waals surface area contributed by atoms with E-state index in [-0.39, 0.29) is 17.7 Å². The molecule has 6 heteroatoms. The lowest BCUT2D eigenvalue weighted by Gasteiger charge is -2.19. The van der Waals surface area contributed by atoms with Crippen molar-refractivity contribution in [3.05, 3.63) is 0 Å². The van der Waals surface area contributed by atoms with Crippen molar-refractivity contribution in [1.82, 2.24) is 5.32 Å². The summed E-state index contributed by atoms with van der Waals surface area (Å²) >= 11 is 0. The SMILES string of the molecule is CS(=O)(=O)C1CCCC1NCCCC(=O)O. The first kappa shape index (κ1) is 13.4. The lowest BCUT2D eigenvalue weighted by Crippen LogP contribution is -2.40. The van der Waals surface area contributed by atoms with Crippen LogP contribution in [0.5, 0.6) is 0 Å². The summed E-state index contributed by atoms with van der Waals surface area (Å²) in [6.45, 7) is 0.572. The molecule has 1 saturated carbocycles. The van der Waals surface area contributed by atoms with Gasteiger partial charge in [0.15, 0.2) is 9.84 Å². The largest absolute Gasteiger partial charge is 0.481 e. The molecule has 16 heavy (non-hydrogen) atoms. The number of nitrogens with one attached hydrogen (secondary N) is 1. The molecule has 1 rings (SSSR count). The van der Waals surface area contributed by atoms with Gasteiger partial charge in [-0.15, -0.1) is 0 Å². The Bertz CT molecular complexity index is 339. The number of carbonyl (C=O) groups is 1. The summed E-state index contributed by atoms with van der Waals surface area (Å²) in [6.07, 6.45) is 4.45. The zero-order chi connectivity index (χ0) is 12.2. The van der Waals surface area contributed by atoms with Crippen LogP contribution < -0.4 is 5.32 Å². The van der Waals surface area contributed by atoms with E-state index in [0.29, 0.717) is 13.0 Å². The second kappa shape index (κ2) is 5.63. The Kier molecular flexibility index (Phi) is 4.73. The number of carboxylic acids is 1. The predicted molar refractivity (Wildman–Crippen MR) is 61.1 cm³/mol. The third kappa shape index (κ3) is 4.09. The van der Waals surface area contributed by atoms with Gasteiger partial charge in [0.1, 0.15) is 0 Å². The normalized spacial score (nSPS) is 25.8. The van der Waals surface area contributed by atoms with Crippen molar-refractivity contribution in [1.29, 1.82) is 0 Å². The first-order valence-electron chi connectivity index (χ1n) is 5.55. The molecule has 0 aromatic heterocycles. The van der Waals surface area contributed by atoms with E-state index < -0.39 is 15.8 Å². The van der Waals surface area contributed by atoms with Crippen LogP contribution in [0.4, 0.5) is 0 Å². The van der Waals surface area contributed by atoms with Crippen LogP contribution in [0, 0.1) is 0 Å². The first-order chi connectivity index (χ1) is 7.41. The summed E-state index contributed by atoms with van der Waals surface area (Å²) in [5.74, 6) is -0.812. The molecule has 0 heterocycles. The molecule has 94 valence electrons. The smallest absolute Gasteiger partial charge is 0.303 e. The second-order valence-electron chi connectivity index (χ2n) is 4.36. The van der Waals surface area contributed by atoms with Gasteiger partial charge in [-0.2, -0.15) is 0 Å². The van der Waals surface area contributed by atoms with Crippen LogP contribution in [0.2, 0.25) is 0 Å². The van der Waals surface area contributed by atoms with Crippen molar-refractivity contribution >= 4 is 15.8 Å². The van der Waals surface area contributed by atoms with E-state index in [9.17, 15) is 13.2 Å². The Morgan fingerprint density at radius 3 is 2.69 bits per heavy atom. The summed E-state index contributed by atoms with van der Waals surface area (Å²) < 4.78 is 22.9. The van der Waals surface area contributed by atoms with Crippen molar-refractivity contribution in [2.75, 3.05) is 12.8 Å². The average molecular weight is 249 g/mol. The molecule has 2 N–H and O–H groups in total. The summed E-state index contributed by atoms with van der Waals surface area (Å²) in [5, 5.41) is 11.3. The molecule has 0 bridgehead atoms. The van der Waals surface area contributed by atoms with Crippen LogP contribution in [0.25, 0.3) is 0 Å². The lowest BCUT2D eigenvalue weighted by atomic mass is 10.2. The molecular formula is C10H19NO4S. The monoisotopic (exact) mass is 249 g/mol. The average Bonchev–Trinajstić information content (AvgIpc) is 2.59. The van der Waals surface area contributed by atoms with Crippen LogP contribution >= 0.6 is 0 Å². The standard InChI is InChI=1S/C10H19NO4S/c1-16(14,15)9-5-2-4-8(9)11-7-3-6-10(12)13/h8-9,11H,2-7H2,1H3,(H,12,13). The number of rotatable bonds is 6. The van der Waals surface area contributed by atoms with Crippen LogP contribution in [0.3, 0.4) is 0 Å². The Morgan fingerprint density at radius 2 is 2.12 bits per heavy atom. The molecular weight excluding hydrogens is 230 g/mol. The molecule has 5 nitrogen and oxygen atoms in total. The predicted octanol–water partition coefficient (Wildman–Crippen LogP) is 0.406. The molecule has 0 amide bonds. The fraction of sp³-hybridized carbons (Fsp3) is 0.900. The van der Waals surface area contributed by atoms with Gasteiger partial charge in [-0.3, -0.25) is 4.79 Å². The van der Waals surface area contributed by atoms with E-state index in [1.165, 1.54) is 6.26 Å². The Morgan fingerprint density at radius 1 is 1.44 bits per heavy atom. The highest BCUT2D eigenvalue weighted by molar-refractivity contribution is 7.91. The molecule has 0 radical (unpaired) electrons. The minimum Gasteiger partial charge on any atom is -0.481 e. The zero-order valence-electron chi connectivity index (χ0n) is 9.48. The third-order valence-electron chi connectivity index (χ3n) is 2.98. The van der Waals surface area contributed by atoms with Crippen molar-refractivity contribution in [3.63, 3.8) is 0 Å². The second-order valence-corrected chi connectivity index (χ2v) is 6.62. The topological polar surface area (TPSA) is 83.5 Å². The van der Waals surface area contributed by atoms with E-state index in [1.807, 2.05) is 0 Å². The maximum atomic E-state index is 11.5. The molecule has 1 aliphatic rings. The summed E-state index contributed by atoms with van der Waals surface area (Å²) in [6, 6.07) is 0.00351. The zero-order valence-corrected chi connectivity index (χ0v) is 10.3. The Labute approximate surface area is 96.1 Å². The maximum absolute atomic E-state index is 11.5. The van der Waals surface area contributed by atoms with Gasteiger partial charge in [0.05, 0.1) is 5.25 Å². The third-order valence-corrected chi connectivity index (χ3v) is 4.64. The molecule has 1 fully saturated rings. The van der Waals surface area contributed by atoms with Crippen LogP contribution in [0.15, 0.2) is 0 Å². The number of hydrogen-bond donors (Lipinski definition) is 2. The molecule has 0 aromatic rings. The van der Waals surface area contributed by atoms with Crippen molar-refractivity contribution in [2.45, 2.75) is 43.4 Å². The summed E-state index contributed by atoms with van der Waals surface area (Å²) in [5.41, 5.74) is 0. The number of aliphatic carboxylic acids is 1. The Balaban J connectivity index is 2.34. The minimum absolute atomic E-state index is 0.00351. The summed E-state index contributed by atoms with van der Waals surface area (Å²) in [4.78, 5) is 10.3. The summed E-state index contributed by atoms with van der Waals surface area (Å²) in [7, 11) is -2.98. The van der Waals surface area contributed by atoms with Gasteiger partial charge < -0.3 is 10.4 Å². The van der Waals surface area contributed by atoms with E-state index >= 15 is 0 Å². The highest BCUT2D eigenvalue weighted by Gasteiger charge is 2.34. The number of sulfone groups is 1. The first-order valence-corrected chi connectivity index (χ1v) is 7.51. The maximum Gasteiger partial charge on any atom is 0.303 e. The van der Waals surface area contributed by atoms with Crippen LogP contribution in [-0.4, -0.2) is 43.6 Å². The molecule has 2 atom stereocenters. The number of carboxylic acid groups (broad SMARTS) is 1. The van der Waals surface area contributed by atoms with Gasteiger partial charge in [-0.05, 0) is 25.8 Å². The quantitative estimate of drug-likeness (QED) is 0.666. The van der Waals surface area contributed by atoms with E-state index in [1.54, 1.807) is 0 Å². The molecule has 0 aromatic carbocycles. The van der Waals surface area contributed by atoms with Crippen molar-refractivity contribution in [3.8, 4) is 0 Å². The molecule has 2 unspecified atom stereocenters. The molecule has 0 aliphatic heterocycles.